The molecule has 2 rings (SSSR count). The van der Waals surface area contributed by atoms with Crippen molar-refractivity contribution in [3.63, 3.8) is 0 Å². The first-order valence-electron chi connectivity index (χ1n) is 7.99. The molecular weight excluding hydrogens is 328 g/mol. The average Bonchev–Trinajstić information content (AvgIpc) is 2.87. The van der Waals surface area contributed by atoms with Crippen molar-refractivity contribution < 1.29 is 9.59 Å². The van der Waals surface area contributed by atoms with Crippen LogP contribution in [0.1, 0.15) is 27.2 Å². The van der Waals surface area contributed by atoms with Crippen molar-refractivity contribution in [2.75, 3.05) is 18.4 Å². The zero-order valence-corrected chi connectivity index (χ0v) is 15.2. The van der Waals surface area contributed by atoms with E-state index in [0.717, 1.165) is 6.42 Å². The molecule has 3 amide bonds. The van der Waals surface area contributed by atoms with E-state index in [1.54, 1.807) is 26.0 Å². The van der Waals surface area contributed by atoms with Gasteiger partial charge in [0.25, 0.3) is 0 Å². The third kappa shape index (κ3) is 4.85. The predicted octanol–water partition coefficient (Wildman–Crippen LogP) is 2.20. The van der Waals surface area contributed by atoms with E-state index in [4.69, 9.17) is 5.73 Å². The van der Waals surface area contributed by atoms with Crippen LogP contribution in [0.25, 0.3) is 0 Å². The SMILES string of the molecule is CC1CC(CN)CN1C(=O)C(C)(C)NC(=O)Nc1ccccc1.Cl. The first-order valence-corrected chi connectivity index (χ1v) is 7.99. The Balaban J connectivity index is 0.00000288. The van der Waals surface area contributed by atoms with Crippen LogP contribution in [0.3, 0.4) is 0 Å². The fourth-order valence-corrected chi connectivity index (χ4v) is 2.98. The van der Waals surface area contributed by atoms with Crippen LogP contribution in [0.4, 0.5) is 10.5 Å². The zero-order valence-electron chi connectivity index (χ0n) is 14.4. The Morgan fingerprint density at radius 2 is 1.92 bits per heavy atom. The van der Waals surface area contributed by atoms with Crippen molar-refractivity contribution in [2.24, 2.45) is 11.7 Å². The number of nitrogens with zero attached hydrogens (tertiary/aromatic N) is 1. The Morgan fingerprint density at radius 3 is 2.46 bits per heavy atom. The molecular formula is C17H27ClN4O2. The van der Waals surface area contributed by atoms with E-state index in [1.807, 2.05) is 30.0 Å². The molecule has 4 N–H and O–H groups in total. The third-order valence-electron chi connectivity index (χ3n) is 4.25. The highest BCUT2D eigenvalue weighted by Gasteiger charge is 2.39. The van der Waals surface area contributed by atoms with Crippen LogP contribution in [0.5, 0.6) is 0 Å². The van der Waals surface area contributed by atoms with E-state index in [9.17, 15) is 9.59 Å². The van der Waals surface area contributed by atoms with Crippen molar-refractivity contribution in [3.8, 4) is 0 Å². The average molecular weight is 355 g/mol. The molecule has 0 aromatic heterocycles. The third-order valence-corrected chi connectivity index (χ3v) is 4.25. The Hall–Kier alpha value is -1.79. The van der Waals surface area contributed by atoms with Crippen LogP contribution in [0, 0.1) is 5.92 Å². The molecule has 0 aliphatic carbocycles. The number of anilines is 1. The number of halogens is 1. The molecule has 7 heteroatoms. The number of hydrogen-bond donors (Lipinski definition) is 3. The maximum Gasteiger partial charge on any atom is 0.320 e. The van der Waals surface area contributed by atoms with Crippen LogP contribution >= 0.6 is 12.4 Å². The molecule has 0 radical (unpaired) electrons. The van der Waals surface area contributed by atoms with Crippen molar-refractivity contribution in [1.82, 2.24) is 10.2 Å². The molecule has 6 nitrogen and oxygen atoms in total. The number of amides is 3. The molecule has 0 spiro atoms. The number of hydrogen-bond acceptors (Lipinski definition) is 3. The Morgan fingerprint density at radius 1 is 1.29 bits per heavy atom. The van der Waals surface area contributed by atoms with Gasteiger partial charge < -0.3 is 21.3 Å². The van der Waals surface area contributed by atoms with Crippen LogP contribution in [0.2, 0.25) is 0 Å². The van der Waals surface area contributed by atoms with Crippen molar-refractivity contribution in [3.05, 3.63) is 30.3 Å². The Bertz CT molecular complexity index is 565. The highest BCUT2D eigenvalue weighted by Crippen LogP contribution is 2.25. The van der Waals surface area contributed by atoms with Gasteiger partial charge in [0.1, 0.15) is 5.54 Å². The number of nitrogens with two attached hydrogens (primary N) is 1. The number of rotatable bonds is 4. The number of carbonyl (C=O) groups is 2. The fourth-order valence-electron chi connectivity index (χ4n) is 2.98. The molecule has 1 aromatic rings. The summed E-state index contributed by atoms with van der Waals surface area (Å²) in [4.78, 5) is 26.7. The van der Waals surface area contributed by atoms with Gasteiger partial charge >= 0.3 is 6.03 Å². The molecule has 1 fully saturated rings. The molecule has 1 aliphatic rings. The van der Waals surface area contributed by atoms with E-state index in [-0.39, 0.29) is 24.4 Å². The molecule has 0 saturated carbocycles. The first-order chi connectivity index (χ1) is 10.8. The molecule has 24 heavy (non-hydrogen) atoms. The molecule has 1 saturated heterocycles. The van der Waals surface area contributed by atoms with E-state index >= 15 is 0 Å². The lowest BCUT2D eigenvalue weighted by Crippen LogP contribution is -2.57. The zero-order chi connectivity index (χ0) is 17.0. The second-order valence-electron chi connectivity index (χ2n) is 6.71. The molecule has 2 unspecified atom stereocenters. The highest BCUT2D eigenvalue weighted by atomic mass is 35.5. The van der Waals surface area contributed by atoms with Crippen LogP contribution < -0.4 is 16.4 Å². The largest absolute Gasteiger partial charge is 0.338 e. The lowest BCUT2D eigenvalue weighted by Gasteiger charge is -2.32. The molecule has 1 aromatic carbocycles. The predicted molar refractivity (Wildman–Crippen MR) is 98.3 cm³/mol. The van der Waals surface area contributed by atoms with Gasteiger partial charge in [0.15, 0.2) is 0 Å². The molecule has 2 atom stereocenters. The molecule has 1 heterocycles. The quantitative estimate of drug-likeness (QED) is 0.774. The fraction of sp³-hybridized carbons (Fsp3) is 0.529. The molecule has 1 aliphatic heterocycles. The van der Waals surface area contributed by atoms with Gasteiger partial charge in [-0.15, -0.1) is 12.4 Å². The maximum atomic E-state index is 12.8. The summed E-state index contributed by atoms with van der Waals surface area (Å²) >= 11 is 0. The number of urea groups is 1. The van der Waals surface area contributed by atoms with Crippen LogP contribution in [-0.2, 0) is 4.79 Å². The summed E-state index contributed by atoms with van der Waals surface area (Å²) in [6.07, 6.45) is 0.911. The number of carbonyl (C=O) groups excluding carboxylic acids is 2. The summed E-state index contributed by atoms with van der Waals surface area (Å²) in [5, 5.41) is 5.50. The summed E-state index contributed by atoms with van der Waals surface area (Å²) in [7, 11) is 0. The van der Waals surface area contributed by atoms with Gasteiger partial charge in [-0.1, -0.05) is 18.2 Å². The summed E-state index contributed by atoms with van der Waals surface area (Å²) < 4.78 is 0. The maximum absolute atomic E-state index is 12.8. The van der Waals surface area contributed by atoms with Crippen molar-refractivity contribution in [2.45, 2.75) is 38.8 Å². The summed E-state index contributed by atoms with van der Waals surface area (Å²) in [6, 6.07) is 8.89. The normalized spacial score (nSPS) is 20.2. The number of para-hydroxylation sites is 1. The van der Waals surface area contributed by atoms with E-state index in [1.165, 1.54) is 0 Å². The summed E-state index contributed by atoms with van der Waals surface area (Å²) in [5.41, 5.74) is 5.43. The summed E-state index contributed by atoms with van der Waals surface area (Å²) in [6.45, 7) is 6.71. The lowest BCUT2D eigenvalue weighted by molar-refractivity contribution is -0.137. The smallest absolute Gasteiger partial charge is 0.320 e. The molecule has 134 valence electrons. The lowest BCUT2D eigenvalue weighted by atomic mass is 10.0. The van der Waals surface area contributed by atoms with Gasteiger partial charge in [0, 0.05) is 18.3 Å². The minimum atomic E-state index is -0.976. The van der Waals surface area contributed by atoms with Crippen molar-refractivity contribution in [1.29, 1.82) is 0 Å². The van der Waals surface area contributed by atoms with Crippen molar-refractivity contribution >= 4 is 30.0 Å². The second-order valence-corrected chi connectivity index (χ2v) is 6.71. The van der Waals surface area contributed by atoms with E-state index < -0.39 is 11.6 Å². The number of benzene rings is 1. The van der Waals surface area contributed by atoms with E-state index in [2.05, 4.69) is 10.6 Å². The van der Waals surface area contributed by atoms with Crippen LogP contribution in [-0.4, -0.2) is 41.5 Å². The van der Waals surface area contributed by atoms with Gasteiger partial charge in [-0.25, -0.2) is 4.79 Å². The summed E-state index contributed by atoms with van der Waals surface area (Å²) in [5.74, 6) is 0.257. The van der Waals surface area contributed by atoms with Gasteiger partial charge in [-0.05, 0) is 51.8 Å². The first kappa shape index (κ1) is 20.3. The highest BCUT2D eigenvalue weighted by molar-refractivity contribution is 5.95. The second kappa shape index (κ2) is 8.35. The Labute approximate surface area is 149 Å². The standard InChI is InChI=1S/C17H26N4O2.ClH/c1-12-9-13(10-18)11-21(12)15(22)17(2,3)20-16(23)19-14-7-5-4-6-8-14;/h4-8,12-13H,9-11,18H2,1-3H3,(H2,19,20,23);1H. The minimum Gasteiger partial charge on any atom is -0.338 e. The minimum absolute atomic E-state index is 0. The van der Waals surface area contributed by atoms with Gasteiger partial charge in [0.2, 0.25) is 5.91 Å². The van der Waals surface area contributed by atoms with Gasteiger partial charge in [-0.2, -0.15) is 0 Å². The van der Waals surface area contributed by atoms with Crippen LogP contribution in [0.15, 0.2) is 30.3 Å². The number of nitrogens with one attached hydrogen (secondary N) is 2. The topological polar surface area (TPSA) is 87.5 Å². The monoisotopic (exact) mass is 354 g/mol. The van der Waals surface area contributed by atoms with Gasteiger partial charge in [0.05, 0.1) is 0 Å². The van der Waals surface area contributed by atoms with Gasteiger partial charge in [-0.3, -0.25) is 4.79 Å². The van der Waals surface area contributed by atoms with E-state index in [0.29, 0.717) is 24.7 Å². The Kier molecular flexibility index (Phi) is 7.05. The number of likely N-dealkylation sites (tertiary alicyclic amines) is 1. The molecule has 0 bridgehead atoms.